The van der Waals surface area contributed by atoms with Crippen LogP contribution in [0.15, 0.2) is 33.8 Å². The van der Waals surface area contributed by atoms with E-state index in [0.29, 0.717) is 26.2 Å². The monoisotopic (exact) mass is 440 g/mol. The molecule has 27 heavy (non-hydrogen) atoms. The van der Waals surface area contributed by atoms with Gasteiger partial charge in [-0.05, 0) is 31.0 Å². The minimum absolute atomic E-state index is 0.0267. The van der Waals surface area contributed by atoms with Crippen LogP contribution in [0.25, 0.3) is 0 Å². The summed E-state index contributed by atoms with van der Waals surface area (Å²) in [6.45, 7) is 4.02. The van der Waals surface area contributed by atoms with Gasteiger partial charge in [-0.1, -0.05) is 28.1 Å². The van der Waals surface area contributed by atoms with Crippen LogP contribution in [-0.4, -0.2) is 59.2 Å². The highest BCUT2D eigenvalue weighted by molar-refractivity contribution is 9.10. The molecule has 2 saturated heterocycles. The smallest absolute Gasteiger partial charge is 0.417 e. The van der Waals surface area contributed by atoms with E-state index < -0.39 is 11.1 Å². The molecule has 2 fully saturated rings. The van der Waals surface area contributed by atoms with E-state index in [1.807, 2.05) is 31.2 Å². The summed E-state index contributed by atoms with van der Waals surface area (Å²) >= 11 is 3.36. The van der Waals surface area contributed by atoms with Crippen LogP contribution in [0.4, 0.5) is 4.79 Å². The minimum atomic E-state index is -0.782. The van der Waals surface area contributed by atoms with Crippen molar-refractivity contribution in [3.63, 3.8) is 0 Å². The summed E-state index contributed by atoms with van der Waals surface area (Å²) in [6.07, 6.45) is 0.421. The van der Waals surface area contributed by atoms with Crippen LogP contribution in [0.3, 0.4) is 0 Å². The molecule has 0 saturated carbocycles. The molecule has 3 rings (SSSR count). The molecule has 1 amide bonds. The molecule has 2 atom stereocenters. The molecule has 9 nitrogen and oxygen atoms in total. The average Bonchev–Trinajstić information content (AvgIpc) is 3.19. The zero-order chi connectivity index (χ0) is 19.4. The normalized spacial score (nSPS) is 23.9. The Morgan fingerprint density at radius 1 is 1.48 bits per heavy atom. The highest BCUT2D eigenvalue weighted by Crippen LogP contribution is 2.22. The Kier molecular flexibility index (Phi) is 6.27. The number of hydrogen-bond donors (Lipinski definition) is 0. The lowest BCUT2D eigenvalue weighted by molar-refractivity contribution is -0.486. The van der Waals surface area contributed by atoms with Gasteiger partial charge >= 0.3 is 6.09 Å². The van der Waals surface area contributed by atoms with Gasteiger partial charge in [0.2, 0.25) is 0 Å². The molecule has 0 radical (unpaired) electrons. The van der Waals surface area contributed by atoms with E-state index in [-0.39, 0.29) is 24.6 Å². The Morgan fingerprint density at radius 2 is 2.30 bits per heavy atom. The lowest BCUT2D eigenvalue weighted by atomic mass is 10.1. The van der Waals surface area contributed by atoms with Gasteiger partial charge in [0.05, 0.1) is 19.3 Å². The second-order valence-corrected chi connectivity index (χ2v) is 7.58. The van der Waals surface area contributed by atoms with Crippen LogP contribution in [0, 0.1) is 16.0 Å². The van der Waals surface area contributed by atoms with Crippen LogP contribution in [-0.2, 0) is 16.1 Å². The van der Waals surface area contributed by atoms with Gasteiger partial charge in [0.25, 0.3) is 5.96 Å². The highest BCUT2D eigenvalue weighted by Gasteiger charge is 2.37. The summed E-state index contributed by atoms with van der Waals surface area (Å²) in [4.78, 5) is 26.4. The number of nitrogens with zero attached hydrogens (tertiary/aromatic N) is 4. The fourth-order valence-electron chi connectivity index (χ4n) is 3.32. The Morgan fingerprint density at radius 3 is 2.96 bits per heavy atom. The third-order valence-corrected chi connectivity index (χ3v) is 5.01. The molecule has 0 N–H and O–H groups in total. The van der Waals surface area contributed by atoms with Gasteiger partial charge in [-0.25, -0.2) is 19.8 Å². The maximum absolute atomic E-state index is 12.5. The summed E-state index contributed by atoms with van der Waals surface area (Å²) < 4.78 is 11.8. The molecule has 2 heterocycles. The van der Waals surface area contributed by atoms with Crippen molar-refractivity contribution >= 4 is 28.0 Å². The van der Waals surface area contributed by atoms with Crippen molar-refractivity contribution in [2.45, 2.75) is 26.1 Å². The summed E-state index contributed by atoms with van der Waals surface area (Å²) in [5.41, 5.74) is 0.818. The number of carbonyl (C=O) groups excluding carboxylic acids is 1. The molecular weight excluding hydrogens is 420 g/mol. The SMILES string of the molecule is CC1CC(CN2CCN(C(=O)OCc3cccc(Br)c3)C2=N[N+](=O)[O-])CO1. The maximum atomic E-state index is 12.5. The van der Waals surface area contributed by atoms with Gasteiger partial charge in [0.1, 0.15) is 11.7 Å². The van der Waals surface area contributed by atoms with Crippen molar-refractivity contribution in [3.8, 4) is 0 Å². The van der Waals surface area contributed by atoms with Gasteiger partial charge in [0, 0.05) is 23.5 Å². The van der Waals surface area contributed by atoms with E-state index in [0.717, 1.165) is 16.5 Å². The number of halogens is 1. The summed E-state index contributed by atoms with van der Waals surface area (Å²) in [6, 6.07) is 7.40. The summed E-state index contributed by atoms with van der Waals surface area (Å²) in [5.74, 6) is 0.286. The van der Waals surface area contributed by atoms with Crippen LogP contribution >= 0.6 is 15.9 Å². The first-order chi connectivity index (χ1) is 12.9. The number of hydrogen-bond acceptors (Lipinski definition) is 5. The van der Waals surface area contributed by atoms with Gasteiger partial charge < -0.3 is 14.4 Å². The average molecular weight is 441 g/mol. The van der Waals surface area contributed by atoms with Gasteiger partial charge in [-0.3, -0.25) is 0 Å². The van der Waals surface area contributed by atoms with Gasteiger partial charge in [-0.15, -0.1) is 0 Å². The Hall–Kier alpha value is -2.20. The third-order valence-electron chi connectivity index (χ3n) is 4.52. The van der Waals surface area contributed by atoms with Crippen molar-refractivity contribution in [2.24, 2.45) is 11.0 Å². The molecule has 10 heteroatoms. The number of ether oxygens (including phenoxy) is 2. The Balaban J connectivity index is 1.64. The molecule has 1 aromatic rings. The molecule has 0 bridgehead atoms. The zero-order valence-corrected chi connectivity index (χ0v) is 16.5. The van der Waals surface area contributed by atoms with Crippen LogP contribution in [0.2, 0.25) is 0 Å². The van der Waals surface area contributed by atoms with E-state index in [1.165, 1.54) is 4.90 Å². The molecule has 146 valence electrons. The third kappa shape index (κ3) is 5.16. The lowest BCUT2D eigenvalue weighted by Crippen LogP contribution is -2.40. The Bertz CT molecular complexity index is 744. The summed E-state index contributed by atoms with van der Waals surface area (Å²) in [5, 5.41) is 13.6. The number of benzene rings is 1. The van der Waals surface area contributed by atoms with Crippen molar-refractivity contribution < 1.29 is 19.3 Å². The molecule has 1 aromatic carbocycles. The fourth-order valence-corrected chi connectivity index (χ4v) is 3.77. The second kappa shape index (κ2) is 8.66. The molecule has 0 aliphatic carbocycles. The predicted molar refractivity (Wildman–Crippen MR) is 101 cm³/mol. The van der Waals surface area contributed by atoms with Crippen LogP contribution in [0.5, 0.6) is 0 Å². The number of rotatable bonds is 5. The molecule has 2 aliphatic rings. The number of nitro groups is 1. The Labute approximate surface area is 165 Å². The predicted octanol–water partition coefficient (Wildman–Crippen LogP) is 2.68. The van der Waals surface area contributed by atoms with E-state index >= 15 is 0 Å². The molecule has 2 aliphatic heterocycles. The van der Waals surface area contributed by atoms with Gasteiger partial charge in [0.15, 0.2) is 5.03 Å². The zero-order valence-electron chi connectivity index (χ0n) is 14.9. The largest absolute Gasteiger partial charge is 0.444 e. The quantitative estimate of drug-likeness (QED) is 0.515. The first-order valence-electron chi connectivity index (χ1n) is 8.70. The number of amides is 1. The summed E-state index contributed by atoms with van der Waals surface area (Å²) in [7, 11) is 0. The van der Waals surface area contributed by atoms with E-state index in [1.54, 1.807) is 4.90 Å². The fraction of sp³-hybridized carbons (Fsp3) is 0.529. The van der Waals surface area contributed by atoms with Crippen molar-refractivity contribution in [2.75, 3.05) is 26.2 Å². The number of carbonyl (C=O) groups is 1. The van der Waals surface area contributed by atoms with Gasteiger partial charge in [-0.2, -0.15) is 0 Å². The van der Waals surface area contributed by atoms with Crippen LogP contribution < -0.4 is 0 Å². The second-order valence-electron chi connectivity index (χ2n) is 6.67. The van der Waals surface area contributed by atoms with E-state index in [9.17, 15) is 14.9 Å². The molecule has 0 spiro atoms. The molecular formula is C17H21BrN4O5. The minimum Gasteiger partial charge on any atom is -0.444 e. The van der Waals surface area contributed by atoms with Crippen molar-refractivity contribution in [3.05, 3.63) is 44.4 Å². The van der Waals surface area contributed by atoms with Crippen molar-refractivity contribution in [1.82, 2.24) is 9.80 Å². The van der Waals surface area contributed by atoms with E-state index in [4.69, 9.17) is 9.47 Å². The molecule has 2 unspecified atom stereocenters. The standard InChI is InChI=1S/C17H21BrN4O5/c1-12-7-14(11-26-12)9-20-5-6-21(16(20)19-22(24)25)17(23)27-10-13-3-2-4-15(18)8-13/h2-4,8,12,14H,5-7,9-11H2,1H3. The van der Waals surface area contributed by atoms with Crippen molar-refractivity contribution in [1.29, 1.82) is 0 Å². The lowest BCUT2D eigenvalue weighted by Gasteiger charge is -2.21. The first kappa shape index (κ1) is 19.6. The first-order valence-corrected chi connectivity index (χ1v) is 9.50. The topological polar surface area (TPSA) is 97.5 Å². The number of guanidine groups is 1. The molecule has 0 aromatic heterocycles. The van der Waals surface area contributed by atoms with Crippen LogP contribution in [0.1, 0.15) is 18.9 Å². The van der Waals surface area contributed by atoms with E-state index in [2.05, 4.69) is 21.0 Å². The number of hydrazone groups is 1. The maximum Gasteiger partial charge on any atom is 0.417 e. The highest BCUT2D eigenvalue weighted by atomic mass is 79.9.